The van der Waals surface area contributed by atoms with Crippen molar-refractivity contribution in [3.63, 3.8) is 0 Å². The summed E-state index contributed by atoms with van der Waals surface area (Å²) >= 11 is 20.0. The van der Waals surface area contributed by atoms with Gasteiger partial charge in [-0.25, -0.2) is 4.68 Å². The summed E-state index contributed by atoms with van der Waals surface area (Å²) in [5.41, 5.74) is 1.45. The van der Waals surface area contributed by atoms with Crippen molar-refractivity contribution < 1.29 is 4.79 Å². The van der Waals surface area contributed by atoms with E-state index in [1.807, 2.05) is 37.3 Å². The zero-order chi connectivity index (χ0) is 18.7. The van der Waals surface area contributed by atoms with Crippen molar-refractivity contribution in [3.05, 3.63) is 62.5 Å². The lowest BCUT2D eigenvalue weighted by molar-refractivity contribution is -0.115. The van der Waals surface area contributed by atoms with Crippen molar-refractivity contribution in [2.75, 3.05) is 5.32 Å². The van der Waals surface area contributed by atoms with Crippen molar-refractivity contribution in [2.24, 2.45) is 0 Å². The highest BCUT2D eigenvalue weighted by Gasteiger charge is 2.18. The minimum atomic E-state index is -0.363. The number of rotatable bonds is 5. The van der Waals surface area contributed by atoms with Gasteiger partial charge in [-0.2, -0.15) is 0 Å². The maximum absolute atomic E-state index is 12.4. The number of anilines is 1. The third-order valence-electron chi connectivity index (χ3n) is 3.31. The standard InChI is InChI=1S/C17H13Cl2N3OS3/c1-10(15(23)20-13-8-11(18)7-12(19)9-13)25-16-21-22(17(24)26-16)14-5-3-2-4-6-14/h2-10H,1H3,(H,20,23)/t10-/m0/s1. The first kappa shape index (κ1) is 19.4. The fourth-order valence-corrected chi connectivity index (χ4v) is 5.15. The molecule has 0 aliphatic carbocycles. The lowest BCUT2D eigenvalue weighted by Crippen LogP contribution is -2.22. The van der Waals surface area contributed by atoms with Crippen LogP contribution in [0.4, 0.5) is 5.69 Å². The van der Waals surface area contributed by atoms with Crippen LogP contribution >= 0.6 is 58.5 Å². The minimum Gasteiger partial charge on any atom is -0.325 e. The largest absolute Gasteiger partial charge is 0.325 e. The van der Waals surface area contributed by atoms with Crippen LogP contribution in [0.15, 0.2) is 52.9 Å². The van der Waals surface area contributed by atoms with Gasteiger partial charge in [0.05, 0.1) is 10.9 Å². The van der Waals surface area contributed by atoms with Crippen molar-refractivity contribution in [2.45, 2.75) is 16.5 Å². The Kier molecular flexibility index (Phi) is 6.37. The van der Waals surface area contributed by atoms with Crippen molar-refractivity contribution in [1.82, 2.24) is 9.78 Å². The van der Waals surface area contributed by atoms with Crippen LogP contribution in [0.25, 0.3) is 5.69 Å². The smallest absolute Gasteiger partial charge is 0.237 e. The van der Waals surface area contributed by atoms with E-state index in [0.29, 0.717) is 19.7 Å². The highest BCUT2D eigenvalue weighted by molar-refractivity contribution is 8.02. The second-order valence-corrected chi connectivity index (χ2v) is 9.37. The van der Waals surface area contributed by atoms with Gasteiger partial charge in [0.1, 0.15) is 0 Å². The number of nitrogens with zero attached hydrogens (tertiary/aromatic N) is 2. The Hall–Kier alpha value is -1.38. The number of amides is 1. The maximum atomic E-state index is 12.4. The summed E-state index contributed by atoms with van der Waals surface area (Å²) < 4.78 is 3.06. The third kappa shape index (κ3) is 4.86. The molecule has 134 valence electrons. The normalized spacial score (nSPS) is 12.0. The number of hydrogen-bond acceptors (Lipinski definition) is 5. The van der Waals surface area contributed by atoms with E-state index in [0.717, 1.165) is 10.0 Å². The van der Waals surface area contributed by atoms with Gasteiger partial charge in [0, 0.05) is 15.7 Å². The number of thioether (sulfide) groups is 1. The molecule has 2 aromatic carbocycles. The van der Waals surface area contributed by atoms with Gasteiger partial charge in [-0.15, -0.1) is 5.10 Å². The molecule has 0 saturated heterocycles. The Morgan fingerprint density at radius 2 is 1.88 bits per heavy atom. The highest BCUT2D eigenvalue weighted by Crippen LogP contribution is 2.29. The van der Waals surface area contributed by atoms with Crippen LogP contribution in [0.3, 0.4) is 0 Å². The minimum absolute atomic E-state index is 0.166. The molecule has 0 aliphatic heterocycles. The second kappa shape index (κ2) is 8.54. The number of aromatic nitrogens is 2. The van der Waals surface area contributed by atoms with Crippen LogP contribution < -0.4 is 5.32 Å². The summed E-state index contributed by atoms with van der Waals surface area (Å²) in [4.78, 5) is 12.4. The Balaban J connectivity index is 1.71. The molecule has 1 heterocycles. The van der Waals surface area contributed by atoms with Gasteiger partial charge in [-0.3, -0.25) is 4.79 Å². The number of benzene rings is 2. The van der Waals surface area contributed by atoms with Gasteiger partial charge in [0.2, 0.25) is 5.91 Å². The number of carbonyl (C=O) groups is 1. The molecule has 0 unspecified atom stereocenters. The lowest BCUT2D eigenvalue weighted by atomic mass is 10.3. The van der Waals surface area contributed by atoms with Crippen molar-refractivity contribution in [3.8, 4) is 5.69 Å². The molecule has 0 fully saturated rings. The summed E-state index contributed by atoms with van der Waals surface area (Å²) in [6.45, 7) is 1.81. The molecular weight excluding hydrogens is 429 g/mol. The average molecular weight is 442 g/mol. The summed E-state index contributed by atoms with van der Waals surface area (Å²) in [5.74, 6) is -0.166. The molecule has 3 aromatic rings. The molecule has 3 rings (SSSR count). The van der Waals surface area contributed by atoms with Gasteiger partial charge in [0.15, 0.2) is 8.29 Å². The van der Waals surface area contributed by atoms with Gasteiger partial charge >= 0.3 is 0 Å². The lowest BCUT2D eigenvalue weighted by Gasteiger charge is -2.11. The monoisotopic (exact) mass is 441 g/mol. The van der Waals surface area contributed by atoms with Crippen LogP contribution in [-0.2, 0) is 4.79 Å². The Bertz CT molecular complexity index is 968. The zero-order valence-electron chi connectivity index (χ0n) is 13.5. The maximum Gasteiger partial charge on any atom is 0.237 e. The molecule has 0 aliphatic rings. The van der Waals surface area contributed by atoms with E-state index in [1.165, 1.54) is 23.1 Å². The fourth-order valence-electron chi connectivity index (χ4n) is 2.12. The van der Waals surface area contributed by atoms with E-state index in [-0.39, 0.29) is 11.2 Å². The predicted molar refractivity (Wildman–Crippen MR) is 113 cm³/mol. The molecule has 26 heavy (non-hydrogen) atoms. The quantitative estimate of drug-likeness (QED) is 0.384. The van der Waals surface area contributed by atoms with Gasteiger partial charge < -0.3 is 5.32 Å². The highest BCUT2D eigenvalue weighted by atomic mass is 35.5. The number of carbonyl (C=O) groups excluding carboxylic acids is 1. The first-order valence-electron chi connectivity index (χ1n) is 7.51. The Labute approximate surface area is 174 Å². The van der Waals surface area contributed by atoms with Crippen molar-refractivity contribution >= 4 is 70.1 Å². The van der Waals surface area contributed by atoms with E-state index >= 15 is 0 Å². The molecule has 0 bridgehead atoms. The molecule has 1 N–H and O–H groups in total. The van der Waals surface area contributed by atoms with Gasteiger partial charge in [0.25, 0.3) is 0 Å². The molecule has 1 aromatic heterocycles. The number of hydrogen-bond donors (Lipinski definition) is 1. The van der Waals surface area contributed by atoms with Crippen LogP contribution in [0.2, 0.25) is 10.0 Å². The van der Waals surface area contributed by atoms with Gasteiger partial charge in [-0.05, 0) is 49.5 Å². The average Bonchev–Trinajstić information content (AvgIpc) is 2.95. The molecule has 1 amide bonds. The second-order valence-electron chi connectivity index (χ2n) is 5.29. The van der Waals surface area contributed by atoms with E-state index < -0.39 is 0 Å². The summed E-state index contributed by atoms with van der Waals surface area (Å²) in [7, 11) is 0. The summed E-state index contributed by atoms with van der Waals surface area (Å²) in [6.07, 6.45) is 0. The van der Waals surface area contributed by atoms with E-state index in [1.54, 1.807) is 22.9 Å². The summed E-state index contributed by atoms with van der Waals surface area (Å²) in [6, 6.07) is 14.6. The fraction of sp³-hybridized carbons (Fsp3) is 0.118. The molecule has 0 spiro atoms. The van der Waals surface area contributed by atoms with Crippen LogP contribution in [-0.4, -0.2) is 20.9 Å². The SMILES string of the molecule is C[C@H](Sc1nn(-c2ccccc2)c(=S)s1)C(=O)Nc1cc(Cl)cc(Cl)c1. The molecule has 0 radical (unpaired) electrons. The first-order valence-corrected chi connectivity index (χ1v) is 10.4. The molecule has 0 saturated carbocycles. The zero-order valence-corrected chi connectivity index (χ0v) is 17.4. The number of halogens is 2. The van der Waals surface area contributed by atoms with Gasteiger partial charge in [-0.1, -0.05) is 64.5 Å². The van der Waals surface area contributed by atoms with E-state index in [2.05, 4.69) is 10.4 Å². The third-order valence-corrected chi connectivity index (χ3v) is 6.16. The number of para-hydroxylation sites is 1. The van der Waals surface area contributed by atoms with E-state index in [9.17, 15) is 4.79 Å². The molecular formula is C17H13Cl2N3OS3. The van der Waals surface area contributed by atoms with Crippen LogP contribution in [0.1, 0.15) is 6.92 Å². The topological polar surface area (TPSA) is 46.9 Å². The molecule has 9 heteroatoms. The van der Waals surface area contributed by atoms with E-state index in [4.69, 9.17) is 35.4 Å². The predicted octanol–water partition coefficient (Wildman–Crippen LogP) is 6.09. The molecule has 4 nitrogen and oxygen atoms in total. The van der Waals surface area contributed by atoms with Crippen LogP contribution in [0.5, 0.6) is 0 Å². The Morgan fingerprint density at radius 1 is 1.23 bits per heavy atom. The summed E-state index contributed by atoms with van der Waals surface area (Å²) in [5, 5.41) is 7.89. The molecule has 1 atom stereocenters. The van der Waals surface area contributed by atoms with Crippen LogP contribution in [0, 0.1) is 3.95 Å². The van der Waals surface area contributed by atoms with Crippen molar-refractivity contribution in [1.29, 1.82) is 0 Å². The first-order chi connectivity index (χ1) is 12.4. The number of nitrogens with one attached hydrogen (secondary N) is 1. The Morgan fingerprint density at radius 3 is 2.54 bits per heavy atom.